The van der Waals surface area contributed by atoms with E-state index in [1.807, 2.05) is 6.92 Å². The van der Waals surface area contributed by atoms with Crippen LogP contribution in [0.5, 0.6) is 5.75 Å². The van der Waals surface area contributed by atoms with Gasteiger partial charge < -0.3 is 4.74 Å². The molecule has 1 saturated heterocycles. The number of amides is 2. The lowest BCUT2D eigenvalue weighted by atomic mass is 10.1. The molecule has 0 radical (unpaired) electrons. The lowest BCUT2D eigenvalue weighted by Gasteiger charge is -2.28. The predicted octanol–water partition coefficient (Wildman–Crippen LogP) is 5.39. The molecule has 1 heterocycles. The van der Waals surface area contributed by atoms with Crippen molar-refractivity contribution in [2.45, 2.75) is 59.0 Å². The minimum absolute atomic E-state index is 0.0256. The molecule has 1 aromatic carbocycles. The first-order chi connectivity index (χ1) is 12.6. The van der Waals surface area contributed by atoms with Gasteiger partial charge in [-0.15, -0.1) is 0 Å². The Labute approximate surface area is 158 Å². The number of β-lactam (4-membered cyclic amide) rings is 2. The molecule has 0 saturated carbocycles. The second kappa shape index (κ2) is 8.46. The molecular weight excluding hydrogens is 352 g/mol. The molecule has 2 rings (SSSR count). The van der Waals surface area contributed by atoms with Crippen molar-refractivity contribution in [3.8, 4) is 5.75 Å². The van der Waals surface area contributed by atoms with E-state index >= 15 is 0 Å². The molecular formula is C21H25F2NO3. The second-order valence-electron chi connectivity index (χ2n) is 7.17. The number of hydrogen-bond donors (Lipinski definition) is 0. The normalized spacial score (nSPS) is 16.2. The molecule has 1 fully saturated rings. The average molecular weight is 377 g/mol. The Kier molecular flexibility index (Phi) is 6.52. The highest BCUT2D eigenvalue weighted by Gasteiger charge is 2.35. The summed E-state index contributed by atoms with van der Waals surface area (Å²) in [6.07, 6.45) is 2.42. The fourth-order valence-electron chi connectivity index (χ4n) is 2.59. The summed E-state index contributed by atoms with van der Waals surface area (Å²) >= 11 is 0. The molecule has 0 atom stereocenters. The van der Waals surface area contributed by atoms with Crippen LogP contribution in [0.15, 0.2) is 47.5 Å². The molecule has 0 aliphatic carbocycles. The van der Waals surface area contributed by atoms with Crippen LogP contribution in [0, 0.1) is 0 Å². The molecule has 27 heavy (non-hydrogen) atoms. The molecule has 0 spiro atoms. The van der Waals surface area contributed by atoms with Gasteiger partial charge in [-0.1, -0.05) is 6.92 Å². The van der Waals surface area contributed by atoms with Gasteiger partial charge >= 0.3 is 0 Å². The zero-order chi connectivity index (χ0) is 20.2. The van der Waals surface area contributed by atoms with E-state index in [1.54, 1.807) is 31.2 Å². The first kappa shape index (κ1) is 20.8. The van der Waals surface area contributed by atoms with Crippen molar-refractivity contribution in [1.82, 2.24) is 0 Å². The lowest BCUT2D eigenvalue weighted by molar-refractivity contribution is -0.136. The number of halogens is 2. The zero-order valence-corrected chi connectivity index (χ0v) is 16.1. The Morgan fingerprint density at radius 1 is 1.22 bits per heavy atom. The topological polar surface area (TPSA) is 46.6 Å². The molecule has 6 heteroatoms. The van der Waals surface area contributed by atoms with E-state index in [0.717, 1.165) is 11.3 Å². The average Bonchev–Trinajstić information content (AvgIpc) is 2.59. The van der Waals surface area contributed by atoms with Gasteiger partial charge in [0, 0.05) is 18.4 Å². The summed E-state index contributed by atoms with van der Waals surface area (Å²) < 4.78 is 33.8. The fraction of sp³-hybridized carbons (Fsp3) is 0.429. The second-order valence-corrected chi connectivity index (χ2v) is 7.17. The van der Waals surface area contributed by atoms with Crippen molar-refractivity contribution in [3.05, 3.63) is 47.5 Å². The number of carbonyl (C=O) groups is 2. The minimum Gasteiger partial charge on any atom is -0.461 e. The van der Waals surface area contributed by atoms with Gasteiger partial charge in [0.15, 0.2) is 0 Å². The minimum atomic E-state index is -1.48. The standard InChI is InChI=1S/C21H25F2NO3/c1-5-6-18(14(2)17(22)11-12-21(3,4)23)27-16-9-7-15(8-10-16)24-19(25)13-20(24)26/h7-11H,5-6,12-13H2,1-4H3. The molecule has 2 amide bonds. The third-order valence-electron chi connectivity index (χ3n) is 4.16. The molecule has 146 valence electrons. The number of imide groups is 1. The number of nitrogens with zero attached hydrogens (tertiary/aromatic N) is 1. The number of alkyl halides is 1. The van der Waals surface area contributed by atoms with Crippen molar-refractivity contribution in [3.63, 3.8) is 0 Å². The highest BCUT2D eigenvalue weighted by atomic mass is 19.1. The largest absolute Gasteiger partial charge is 0.461 e. The molecule has 4 nitrogen and oxygen atoms in total. The van der Waals surface area contributed by atoms with Gasteiger partial charge in [-0.3, -0.25) is 9.59 Å². The van der Waals surface area contributed by atoms with Crippen LogP contribution < -0.4 is 9.64 Å². The van der Waals surface area contributed by atoms with Gasteiger partial charge in [0.05, 0.1) is 5.69 Å². The Bertz CT molecular complexity index is 760. The molecule has 0 aromatic heterocycles. The van der Waals surface area contributed by atoms with Gasteiger partial charge in [-0.25, -0.2) is 13.7 Å². The first-order valence-electron chi connectivity index (χ1n) is 9.00. The summed E-state index contributed by atoms with van der Waals surface area (Å²) in [6, 6.07) is 6.48. The lowest BCUT2D eigenvalue weighted by Crippen LogP contribution is -2.49. The van der Waals surface area contributed by atoms with Gasteiger partial charge in [-0.2, -0.15) is 0 Å². The SMILES string of the molecule is CCCC(Oc1ccc(N2C(=O)CC2=O)cc1)=C(C)C(F)=CCC(C)(C)F. The molecule has 1 aromatic rings. The first-order valence-corrected chi connectivity index (χ1v) is 9.00. The third-order valence-corrected chi connectivity index (χ3v) is 4.16. The van der Waals surface area contributed by atoms with Gasteiger partial charge in [-0.05, 0) is 57.5 Å². The molecule has 0 unspecified atom stereocenters. The number of hydrogen-bond acceptors (Lipinski definition) is 3. The summed E-state index contributed by atoms with van der Waals surface area (Å²) in [4.78, 5) is 24.1. The Balaban J connectivity index is 2.17. The zero-order valence-electron chi connectivity index (χ0n) is 16.1. The fourth-order valence-corrected chi connectivity index (χ4v) is 2.59. The number of rotatable bonds is 8. The monoisotopic (exact) mass is 377 g/mol. The number of benzene rings is 1. The highest BCUT2D eigenvalue weighted by Crippen LogP contribution is 2.29. The molecule has 0 N–H and O–H groups in total. The van der Waals surface area contributed by atoms with Gasteiger partial charge in [0.2, 0.25) is 11.8 Å². The van der Waals surface area contributed by atoms with Crippen LogP contribution in [0.2, 0.25) is 0 Å². The Morgan fingerprint density at radius 3 is 2.30 bits per heavy atom. The summed E-state index contributed by atoms with van der Waals surface area (Å²) in [6.45, 7) is 6.35. The van der Waals surface area contributed by atoms with Crippen molar-refractivity contribution in [2.75, 3.05) is 4.90 Å². The maximum absolute atomic E-state index is 14.4. The van der Waals surface area contributed by atoms with E-state index in [2.05, 4.69) is 0 Å². The molecule has 0 bridgehead atoms. The maximum Gasteiger partial charge on any atom is 0.243 e. The maximum atomic E-state index is 14.4. The third kappa shape index (κ3) is 5.49. The van der Waals surface area contributed by atoms with Gasteiger partial charge in [0.1, 0.15) is 29.4 Å². The van der Waals surface area contributed by atoms with Crippen molar-refractivity contribution in [1.29, 1.82) is 0 Å². The molecule has 1 aliphatic heterocycles. The van der Waals surface area contributed by atoms with E-state index in [0.29, 0.717) is 29.2 Å². The van der Waals surface area contributed by atoms with Crippen molar-refractivity contribution in [2.24, 2.45) is 0 Å². The van der Waals surface area contributed by atoms with E-state index < -0.39 is 11.5 Å². The smallest absolute Gasteiger partial charge is 0.243 e. The quantitative estimate of drug-likeness (QED) is 0.264. The van der Waals surface area contributed by atoms with E-state index in [9.17, 15) is 18.4 Å². The summed E-state index contributed by atoms with van der Waals surface area (Å²) in [5.74, 6) is -0.0388. The van der Waals surface area contributed by atoms with E-state index in [1.165, 1.54) is 19.9 Å². The summed E-state index contributed by atoms with van der Waals surface area (Å²) in [5.41, 5.74) is -0.666. The van der Waals surface area contributed by atoms with Crippen LogP contribution in [-0.2, 0) is 9.59 Å². The van der Waals surface area contributed by atoms with Crippen LogP contribution in [-0.4, -0.2) is 17.5 Å². The van der Waals surface area contributed by atoms with Crippen molar-refractivity contribution < 1.29 is 23.1 Å². The summed E-state index contributed by atoms with van der Waals surface area (Å²) in [7, 11) is 0. The highest BCUT2D eigenvalue weighted by molar-refractivity contribution is 6.30. The Hall–Kier alpha value is -2.50. The van der Waals surface area contributed by atoms with Crippen molar-refractivity contribution >= 4 is 17.5 Å². The number of allylic oxidation sites excluding steroid dienone is 4. The molecule has 1 aliphatic rings. The summed E-state index contributed by atoms with van der Waals surface area (Å²) in [5, 5.41) is 0. The predicted molar refractivity (Wildman–Crippen MR) is 101 cm³/mol. The van der Waals surface area contributed by atoms with E-state index in [4.69, 9.17) is 4.74 Å². The van der Waals surface area contributed by atoms with Crippen LogP contribution in [0.3, 0.4) is 0 Å². The van der Waals surface area contributed by atoms with Crippen LogP contribution in [0.4, 0.5) is 14.5 Å². The number of anilines is 1. The van der Waals surface area contributed by atoms with Crippen LogP contribution >= 0.6 is 0 Å². The van der Waals surface area contributed by atoms with Gasteiger partial charge in [0.25, 0.3) is 0 Å². The van der Waals surface area contributed by atoms with E-state index in [-0.39, 0.29) is 24.7 Å². The Morgan fingerprint density at radius 2 is 1.81 bits per heavy atom. The number of ether oxygens (including phenoxy) is 1. The van der Waals surface area contributed by atoms with Crippen LogP contribution in [0.25, 0.3) is 0 Å². The van der Waals surface area contributed by atoms with Crippen LogP contribution in [0.1, 0.15) is 53.4 Å². The number of carbonyl (C=O) groups excluding carboxylic acids is 2.